The second-order valence-corrected chi connectivity index (χ2v) is 7.30. The highest BCUT2D eigenvalue weighted by molar-refractivity contribution is 7.56. The fourth-order valence-corrected chi connectivity index (χ4v) is 3.67. The monoisotopic (exact) mass is 355 g/mol. The van der Waals surface area contributed by atoms with Crippen LogP contribution in [0.15, 0.2) is 73.1 Å². The van der Waals surface area contributed by atoms with Gasteiger partial charge >= 0.3 is 7.75 Å². The molecule has 0 radical (unpaired) electrons. The van der Waals surface area contributed by atoms with Gasteiger partial charge in [-0.25, -0.2) is 9.55 Å². The molecule has 3 rings (SSSR count). The number of anilines is 1. The van der Waals surface area contributed by atoms with Gasteiger partial charge in [0.05, 0.1) is 0 Å². The van der Waals surface area contributed by atoms with Crippen LogP contribution in [0.5, 0.6) is 11.5 Å². The van der Waals surface area contributed by atoms with Crippen LogP contribution in [-0.2, 0) is 4.57 Å². The lowest BCUT2D eigenvalue weighted by atomic mass is 10.2. The molecule has 0 spiro atoms. The van der Waals surface area contributed by atoms with Crippen molar-refractivity contribution >= 4 is 13.4 Å². The number of hydrogen-bond donors (Lipinski definition) is 1. The Morgan fingerprint density at radius 3 is 1.96 bits per heavy atom. The minimum absolute atomic E-state index is 0.475. The molecule has 5 nitrogen and oxygen atoms in total. The maximum Gasteiger partial charge on any atom is 0.541 e. The average molecular weight is 355 g/mol. The molecule has 0 fully saturated rings. The van der Waals surface area contributed by atoms with Gasteiger partial charge in [0, 0.05) is 6.07 Å². The second-order valence-electron chi connectivity index (χ2n) is 5.72. The summed E-state index contributed by atoms with van der Waals surface area (Å²) in [6, 6.07) is 18.3. The summed E-state index contributed by atoms with van der Waals surface area (Å²) in [5.41, 5.74) is 2.62. The van der Waals surface area contributed by atoms with E-state index in [0.717, 1.165) is 11.1 Å². The van der Waals surface area contributed by atoms with Gasteiger partial charge in [0.25, 0.3) is 0 Å². The molecule has 0 aliphatic carbocycles. The summed E-state index contributed by atoms with van der Waals surface area (Å²) in [5.74, 6) is 0.951. The molecule has 3 aromatic rings. The van der Waals surface area contributed by atoms with Gasteiger partial charge in [-0.05, 0) is 55.3 Å². The molecule has 1 aromatic heterocycles. The van der Waals surface area contributed by atoms with Crippen LogP contribution in [0, 0.1) is 13.8 Å². The van der Waals surface area contributed by atoms with Gasteiger partial charge in [-0.15, -0.1) is 0 Å². The summed E-state index contributed by atoms with van der Waals surface area (Å²) in [6.45, 7) is 3.89. The molecule has 2 aromatic carbocycles. The van der Waals surface area contributed by atoms with E-state index in [0.29, 0.717) is 17.2 Å². The van der Waals surface area contributed by atoms with Crippen LogP contribution in [0.3, 0.4) is 0 Å². The molecule has 25 heavy (non-hydrogen) atoms. The van der Waals surface area contributed by atoms with E-state index in [-0.39, 0.29) is 0 Å². The number of pyridine rings is 1. The van der Waals surface area contributed by atoms with Crippen molar-refractivity contribution < 1.29 is 18.6 Å². The van der Waals surface area contributed by atoms with Crippen LogP contribution in [0.1, 0.15) is 11.1 Å². The van der Waals surface area contributed by atoms with Crippen molar-refractivity contribution in [2.45, 2.75) is 13.8 Å². The van der Waals surface area contributed by atoms with Crippen LogP contribution in [0.25, 0.3) is 0 Å². The van der Waals surface area contributed by atoms with E-state index in [4.69, 9.17) is 9.05 Å². The molecular formula is C19H20N2O3P+. The number of nitrogens with one attached hydrogen (secondary N) is 2. The lowest BCUT2D eigenvalue weighted by Gasteiger charge is -2.20. The van der Waals surface area contributed by atoms with Crippen LogP contribution in [0.4, 0.5) is 5.69 Å². The fourth-order valence-electron chi connectivity index (χ4n) is 2.31. The maximum absolute atomic E-state index is 13.4. The van der Waals surface area contributed by atoms with Crippen LogP contribution in [0.2, 0.25) is 0 Å². The van der Waals surface area contributed by atoms with Crippen molar-refractivity contribution in [1.29, 1.82) is 0 Å². The zero-order valence-electron chi connectivity index (χ0n) is 14.1. The van der Waals surface area contributed by atoms with Crippen molar-refractivity contribution in [3.63, 3.8) is 0 Å². The van der Waals surface area contributed by atoms with Crippen molar-refractivity contribution in [3.05, 3.63) is 84.2 Å². The summed E-state index contributed by atoms with van der Waals surface area (Å²) >= 11 is 0. The third kappa shape index (κ3) is 4.85. The molecule has 128 valence electrons. The third-order valence-corrected chi connectivity index (χ3v) is 4.84. The minimum atomic E-state index is -3.69. The topological polar surface area (TPSA) is 61.7 Å². The van der Waals surface area contributed by atoms with E-state index in [1.807, 2.05) is 50.2 Å². The van der Waals surface area contributed by atoms with E-state index >= 15 is 0 Å². The third-order valence-electron chi connectivity index (χ3n) is 3.40. The highest BCUT2D eigenvalue weighted by atomic mass is 31.2. The smallest absolute Gasteiger partial charge is 0.400 e. The van der Waals surface area contributed by atoms with Gasteiger partial charge in [-0.3, -0.25) is 5.09 Å². The first-order valence-corrected chi connectivity index (χ1v) is 9.44. The lowest BCUT2D eigenvalue weighted by molar-refractivity contribution is -0.377. The second kappa shape index (κ2) is 7.41. The zero-order valence-corrected chi connectivity index (χ0v) is 15.0. The van der Waals surface area contributed by atoms with Crippen molar-refractivity contribution in [3.8, 4) is 11.5 Å². The van der Waals surface area contributed by atoms with Crippen molar-refractivity contribution in [2.75, 3.05) is 5.09 Å². The largest absolute Gasteiger partial charge is 0.541 e. The van der Waals surface area contributed by atoms with E-state index in [1.54, 1.807) is 36.7 Å². The number of hydrogen-bond acceptors (Lipinski definition) is 3. The normalized spacial score (nSPS) is 11.0. The Hall–Kier alpha value is -2.78. The van der Waals surface area contributed by atoms with Gasteiger partial charge in [-0.1, -0.05) is 24.3 Å². The number of H-pyrrole nitrogens is 1. The van der Waals surface area contributed by atoms with Gasteiger partial charge in [0.1, 0.15) is 17.2 Å². The van der Waals surface area contributed by atoms with E-state index in [9.17, 15) is 4.57 Å². The van der Waals surface area contributed by atoms with Gasteiger partial charge < -0.3 is 9.05 Å². The highest BCUT2D eigenvalue weighted by Gasteiger charge is 2.29. The van der Waals surface area contributed by atoms with Crippen LogP contribution in [-0.4, -0.2) is 0 Å². The van der Waals surface area contributed by atoms with Gasteiger partial charge in [0.15, 0.2) is 12.4 Å². The molecular weight excluding hydrogens is 335 g/mol. The van der Waals surface area contributed by atoms with Crippen molar-refractivity contribution in [2.24, 2.45) is 0 Å². The molecule has 0 aliphatic heterocycles. The summed E-state index contributed by atoms with van der Waals surface area (Å²) in [6.07, 6.45) is 3.45. The number of rotatable bonds is 6. The summed E-state index contributed by atoms with van der Waals surface area (Å²) in [5, 5.41) is 2.87. The number of aromatic amines is 1. The maximum atomic E-state index is 13.4. The molecule has 6 heteroatoms. The standard InChI is InChI=1S/C19H19N2O3P/c1-15-6-3-9-18(12-15)23-25(22,21-17-8-5-11-20-14-17)24-19-10-4-7-16(2)13-19/h3-14H,1-2H3,(H,21,22)/p+1. The van der Waals surface area contributed by atoms with Crippen molar-refractivity contribution in [1.82, 2.24) is 0 Å². The van der Waals surface area contributed by atoms with Crippen LogP contribution < -0.4 is 19.1 Å². The Bertz CT molecular complexity index is 848. The fraction of sp³-hybridized carbons (Fsp3) is 0.105. The summed E-state index contributed by atoms with van der Waals surface area (Å²) in [4.78, 5) is 2.93. The predicted molar refractivity (Wildman–Crippen MR) is 97.8 cm³/mol. The summed E-state index contributed by atoms with van der Waals surface area (Å²) in [7, 11) is -3.69. The molecule has 0 saturated heterocycles. The Labute approximate surface area is 147 Å². The molecule has 0 amide bonds. The Morgan fingerprint density at radius 2 is 1.48 bits per heavy atom. The minimum Gasteiger partial charge on any atom is -0.400 e. The zero-order chi connectivity index (χ0) is 17.7. The molecule has 0 atom stereocenters. The SMILES string of the molecule is Cc1cccc(OP(=O)(Nc2ccc[nH+]c2)Oc2cccc(C)c2)c1. The first-order valence-electron chi connectivity index (χ1n) is 7.89. The number of benzene rings is 2. The van der Waals surface area contributed by atoms with Crippen LogP contribution >= 0.6 is 7.75 Å². The van der Waals surface area contributed by atoms with E-state index in [2.05, 4.69) is 10.1 Å². The van der Waals surface area contributed by atoms with Gasteiger partial charge in [-0.2, -0.15) is 0 Å². The Morgan fingerprint density at radius 1 is 0.880 bits per heavy atom. The molecule has 1 heterocycles. The first kappa shape index (κ1) is 17.1. The quantitative estimate of drug-likeness (QED) is 0.646. The first-order chi connectivity index (χ1) is 12.0. The van der Waals surface area contributed by atoms with Gasteiger partial charge in [0.2, 0.25) is 0 Å². The summed E-state index contributed by atoms with van der Waals surface area (Å²) < 4.78 is 24.9. The molecule has 0 saturated carbocycles. The predicted octanol–water partition coefficient (Wildman–Crippen LogP) is 4.80. The average Bonchev–Trinajstić information content (AvgIpc) is 2.55. The van der Waals surface area contributed by atoms with E-state index < -0.39 is 7.75 Å². The highest BCUT2D eigenvalue weighted by Crippen LogP contribution is 2.48. The molecule has 2 N–H and O–H groups in total. The molecule has 0 aliphatic rings. The number of aryl methyl sites for hydroxylation is 2. The lowest BCUT2D eigenvalue weighted by Crippen LogP contribution is -2.11. The molecule has 0 bridgehead atoms. The Balaban J connectivity index is 1.90. The number of aromatic nitrogens is 1. The molecule has 0 unspecified atom stereocenters. The van der Waals surface area contributed by atoms with E-state index in [1.165, 1.54) is 0 Å². The Kier molecular flexibility index (Phi) is 5.05.